The monoisotopic (exact) mass is 304 g/mol. The Morgan fingerprint density at radius 1 is 1.05 bits per heavy atom. The molecule has 2 aromatic carbocycles. The third kappa shape index (κ3) is 2.44. The maximum atomic E-state index is 13.6. The number of phenolic OH excluding ortho intramolecular Hbond substituents is 2. The van der Waals surface area contributed by atoms with Crippen molar-refractivity contribution < 1.29 is 23.7 Å². The van der Waals surface area contributed by atoms with E-state index >= 15 is 0 Å². The fourth-order valence-electron chi connectivity index (χ4n) is 1.97. The molecule has 0 radical (unpaired) electrons. The Labute approximate surface area is 123 Å². The molecule has 0 fully saturated rings. The highest BCUT2D eigenvalue weighted by atomic mass is 19.1. The summed E-state index contributed by atoms with van der Waals surface area (Å²) in [7, 11) is 0. The normalized spacial score (nSPS) is 10.6. The number of benzene rings is 2. The average molecular weight is 304 g/mol. The standard InChI is InChI=1S/C15H10F2N2O3/c16-10-2-1-3-11(17)15(10)22-13-7-18-19-14(13)9-5-4-8(20)6-12(9)21/h1-7,20-21H,(H,18,19). The van der Waals surface area contributed by atoms with Crippen LogP contribution in [-0.4, -0.2) is 20.4 Å². The van der Waals surface area contributed by atoms with Crippen LogP contribution in [-0.2, 0) is 0 Å². The van der Waals surface area contributed by atoms with E-state index in [0.717, 1.165) is 18.2 Å². The maximum absolute atomic E-state index is 13.6. The number of aromatic nitrogens is 2. The lowest BCUT2D eigenvalue weighted by Crippen LogP contribution is -1.93. The summed E-state index contributed by atoms with van der Waals surface area (Å²) < 4.78 is 32.5. The first-order chi connectivity index (χ1) is 10.6. The molecule has 112 valence electrons. The fourth-order valence-corrected chi connectivity index (χ4v) is 1.97. The molecule has 22 heavy (non-hydrogen) atoms. The van der Waals surface area contributed by atoms with Crippen molar-refractivity contribution in [1.29, 1.82) is 0 Å². The Kier molecular flexibility index (Phi) is 3.38. The highest BCUT2D eigenvalue weighted by Crippen LogP contribution is 2.38. The van der Waals surface area contributed by atoms with Gasteiger partial charge in [-0.25, -0.2) is 8.78 Å². The van der Waals surface area contributed by atoms with E-state index < -0.39 is 17.4 Å². The predicted molar refractivity (Wildman–Crippen MR) is 73.8 cm³/mol. The molecule has 1 aromatic heterocycles. The highest BCUT2D eigenvalue weighted by molar-refractivity contribution is 5.72. The minimum Gasteiger partial charge on any atom is -0.508 e. The summed E-state index contributed by atoms with van der Waals surface area (Å²) >= 11 is 0. The van der Waals surface area contributed by atoms with Crippen LogP contribution in [0.3, 0.4) is 0 Å². The number of halogens is 2. The van der Waals surface area contributed by atoms with E-state index in [2.05, 4.69) is 10.2 Å². The van der Waals surface area contributed by atoms with Gasteiger partial charge in [-0.1, -0.05) is 6.07 Å². The van der Waals surface area contributed by atoms with Gasteiger partial charge in [0.25, 0.3) is 0 Å². The number of H-pyrrole nitrogens is 1. The highest BCUT2D eigenvalue weighted by Gasteiger charge is 2.17. The molecule has 3 rings (SSSR count). The number of phenols is 2. The maximum Gasteiger partial charge on any atom is 0.198 e. The van der Waals surface area contributed by atoms with Gasteiger partial charge in [0.15, 0.2) is 23.1 Å². The van der Waals surface area contributed by atoms with Gasteiger partial charge in [-0.05, 0) is 24.3 Å². The number of rotatable bonds is 3. The van der Waals surface area contributed by atoms with Crippen LogP contribution < -0.4 is 4.74 Å². The van der Waals surface area contributed by atoms with Crippen molar-refractivity contribution in [2.75, 3.05) is 0 Å². The SMILES string of the molecule is Oc1ccc(-c2[nH]ncc2Oc2c(F)cccc2F)c(O)c1. The van der Waals surface area contributed by atoms with Crippen LogP contribution in [0.25, 0.3) is 11.3 Å². The minimum absolute atomic E-state index is 0.0324. The van der Waals surface area contributed by atoms with E-state index in [1.807, 2.05) is 0 Å². The van der Waals surface area contributed by atoms with Crippen molar-refractivity contribution in [1.82, 2.24) is 10.2 Å². The molecule has 0 saturated heterocycles. The zero-order valence-corrected chi connectivity index (χ0v) is 11.0. The predicted octanol–water partition coefficient (Wildman–Crippen LogP) is 3.56. The van der Waals surface area contributed by atoms with E-state index in [9.17, 15) is 19.0 Å². The number of aromatic hydroxyl groups is 2. The first-order valence-corrected chi connectivity index (χ1v) is 6.24. The van der Waals surface area contributed by atoms with Crippen LogP contribution in [0.1, 0.15) is 0 Å². The molecule has 3 N–H and O–H groups in total. The van der Waals surface area contributed by atoms with Gasteiger partial charge in [-0.3, -0.25) is 5.10 Å². The topological polar surface area (TPSA) is 78.4 Å². The Hall–Kier alpha value is -3.09. The Morgan fingerprint density at radius 3 is 2.45 bits per heavy atom. The van der Waals surface area contributed by atoms with E-state index in [1.54, 1.807) is 0 Å². The summed E-state index contributed by atoms with van der Waals surface area (Å²) in [4.78, 5) is 0. The number of nitrogens with zero attached hydrogens (tertiary/aromatic N) is 1. The van der Waals surface area contributed by atoms with Crippen molar-refractivity contribution >= 4 is 0 Å². The third-order valence-electron chi connectivity index (χ3n) is 2.99. The van der Waals surface area contributed by atoms with E-state index in [4.69, 9.17) is 4.74 Å². The van der Waals surface area contributed by atoms with Gasteiger partial charge >= 0.3 is 0 Å². The lowest BCUT2D eigenvalue weighted by atomic mass is 10.1. The van der Waals surface area contributed by atoms with Crippen LogP contribution >= 0.6 is 0 Å². The molecule has 0 spiro atoms. The van der Waals surface area contributed by atoms with Crippen molar-refractivity contribution in [3.63, 3.8) is 0 Å². The first-order valence-electron chi connectivity index (χ1n) is 6.24. The Morgan fingerprint density at radius 2 is 1.77 bits per heavy atom. The number of aromatic amines is 1. The van der Waals surface area contributed by atoms with Crippen molar-refractivity contribution in [2.45, 2.75) is 0 Å². The molecule has 0 atom stereocenters. The lowest BCUT2D eigenvalue weighted by molar-refractivity contribution is 0.408. The van der Waals surface area contributed by atoms with Crippen LogP contribution in [0.4, 0.5) is 8.78 Å². The van der Waals surface area contributed by atoms with Crippen LogP contribution in [0.5, 0.6) is 23.0 Å². The average Bonchev–Trinajstić information content (AvgIpc) is 2.91. The Balaban J connectivity index is 2.03. The van der Waals surface area contributed by atoms with Gasteiger partial charge in [-0.15, -0.1) is 0 Å². The number of hydrogen-bond acceptors (Lipinski definition) is 4. The minimum atomic E-state index is -0.859. The molecule has 0 aliphatic carbocycles. The molecule has 7 heteroatoms. The third-order valence-corrected chi connectivity index (χ3v) is 2.99. The number of nitrogens with one attached hydrogen (secondary N) is 1. The number of para-hydroxylation sites is 1. The summed E-state index contributed by atoms with van der Waals surface area (Å²) in [5.41, 5.74) is 0.488. The second-order valence-corrected chi connectivity index (χ2v) is 4.46. The van der Waals surface area contributed by atoms with E-state index in [1.165, 1.54) is 24.4 Å². The summed E-state index contributed by atoms with van der Waals surface area (Å²) in [6.07, 6.45) is 1.23. The second kappa shape index (κ2) is 5.36. The number of hydrogen-bond donors (Lipinski definition) is 3. The van der Waals surface area contributed by atoms with Crippen LogP contribution in [0, 0.1) is 11.6 Å². The van der Waals surface area contributed by atoms with Gasteiger partial charge in [-0.2, -0.15) is 5.10 Å². The molecular formula is C15H10F2N2O3. The Bertz CT molecular complexity index is 813. The molecule has 5 nitrogen and oxygen atoms in total. The molecular weight excluding hydrogens is 294 g/mol. The van der Waals surface area contributed by atoms with Gasteiger partial charge < -0.3 is 14.9 Å². The second-order valence-electron chi connectivity index (χ2n) is 4.46. The fraction of sp³-hybridized carbons (Fsp3) is 0. The smallest absolute Gasteiger partial charge is 0.198 e. The summed E-state index contributed by atoms with van der Waals surface area (Å²) in [5, 5.41) is 25.5. The van der Waals surface area contributed by atoms with Crippen molar-refractivity contribution in [3.05, 3.63) is 54.2 Å². The van der Waals surface area contributed by atoms with Crippen LogP contribution in [0.15, 0.2) is 42.6 Å². The zero-order chi connectivity index (χ0) is 15.7. The lowest BCUT2D eigenvalue weighted by Gasteiger charge is -2.09. The summed E-state index contributed by atoms with van der Waals surface area (Å²) in [6.45, 7) is 0. The molecule has 3 aromatic rings. The zero-order valence-electron chi connectivity index (χ0n) is 11.0. The van der Waals surface area contributed by atoms with Gasteiger partial charge in [0, 0.05) is 11.6 Å². The quantitative estimate of drug-likeness (QED) is 0.691. The van der Waals surface area contributed by atoms with Crippen molar-refractivity contribution in [2.24, 2.45) is 0 Å². The largest absolute Gasteiger partial charge is 0.508 e. The molecule has 0 amide bonds. The molecule has 0 aliphatic rings. The summed E-state index contributed by atoms with van der Waals surface area (Å²) in [5.74, 6) is -2.61. The van der Waals surface area contributed by atoms with Crippen LogP contribution in [0.2, 0.25) is 0 Å². The molecule has 0 aliphatic heterocycles. The van der Waals surface area contributed by atoms with Crippen molar-refractivity contribution in [3.8, 4) is 34.3 Å². The molecule has 1 heterocycles. The first kappa shape index (κ1) is 13.9. The molecule has 0 bridgehead atoms. The molecule has 0 saturated carbocycles. The van der Waals surface area contributed by atoms with E-state index in [0.29, 0.717) is 0 Å². The van der Waals surface area contributed by atoms with Gasteiger partial charge in [0.2, 0.25) is 0 Å². The molecule has 0 unspecified atom stereocenters. The van der Waals surface area contributed by atoms with Gasteiger partial charge in [0.05, 0.1) is 6.20 Å². The van der Waals surface area contributed by atoms with Gasteiger partial charge in [0.1, 0.15) is 17.2 Å². The van der Waals surface area contributed by atoms with E-state index in [-0.39, 0.29) is 28.5 Å². The number of ether oxygens (including phenoxy) is 1. The summed E-state index contributed by atoms with van der Waals surface area (Å²) in [6, 6.07) is 7.25.